The van der Waals surface area contributed by atoms with E-state index in [9.17, 15) is 0 Å². The van der Waals surface area contributed by atoms with E-state index in [1.54, 1.807) is 14.2 Å². The summed E-state index contributed by atoms with van der Waals surface area (Å²) in [7, 11) is 3.19. The molecular weight excluding hydrogens is 319 g/mol. The van der Waals surface area contributed by atoms with E-state index in [1.807, 2.05) is 36.4 Å². The second kappa shape index (κ2) is 7.65. The van der Waals surface area contributed by atoms with Gasteiger partial charge in [0.15, 0.2) is 6.29 Å². The molecule has 0 saturated carbocycles. The van der Waals surface area contributed by atoms with E-state index < -0.39 is 0 Å². The Hall–Kier alpha value is -0.590. The Kier molecular flexibility index (Phi) is 6.44. The first-order valence-corrected chi connectivity index (χ1v) is 5.95. The van der Waals surface area contributed by atoms with Crippen LogP contribution < -0.4 is 4.74 Å². The molecule has 1 aromatic carbocycles. The van der Waals surface area contributed by atoms with Crippen LogP contribution in [0.25, 0.3) is 0 Å². The third-order valence-electron chi connectivity index (χ3n) is 1.93. The molecule has 1 aromatic rings. The fourth-order valence-electron chi connectivity index (χ4n) is 1.12. The van der Waals surface area contributed by atoms with Gasteiger partial charge in [0.2, 0.25) is 0 Å². The van der Waals surface area contributed by atoms with E-state index in [0.29, 0.717) is 6.61 Å². The van der Waals surface area contributed by atoms with Crippen molar-refractivity contribution in [1.82, 2.24) is 0 Å². The molecule has 0 unspecified atom stereocenters. The van der Waals surface area contributed by atoms with Gasteiger partial charge < -0.3 is 14.2 Å². The second-order valence-corrected chi connectivity index (χ2v) is 4.17. The van der Waals surface area contributed by atoms with Crippen molar-refractivity contribution in [1.29, 1.82) is 0 Å². The molecule has 0 fully saturated rings. The zero-order valence-electron chi connectivity index (χ0n) is 9.35. The third kappa shape index (κ3) is 4.51. The van der Waals surface area contributed by atoms with Crippen molar-refractivity contribution in [2.24, 2.45) is 0 Å². The Labute approximate surface area is 110 Å². The molecule has 1 rings (SSSR count). The average molecular weight is 334 g/mol. The minimum absolute atomic E-state index is 0.307. The molecule has 88 valence electrons. The van der Waals surface area contributed by atoms with Crippen molar-refractivity contribution in [3.8, 4) is 5.75 Å². The summed E-state index contributed by atoms with van der Waals surface area (Å²) in [4.78, 5) is 0. The van der Waals surface area contributed by atoms with Gasteiger partial charge in [0, 0.05) is 14.2 Å². The summed E-state index contributed by atoms with van der Waals surface area (Å²) in [5, 5.41) is 0. The Bertz CT molecular complexity index is 335. The van der Waals surface area contributed by atoms with Gasteiger partial charge in [-0.3, -0.25) is 0 Å². The van der Waals surface area contributed by atoms with E-state index in [2.05, 4.69) is 22.6 Å². The molecule has 0 aliphatic carbocycles. The number of hydrogen-bond acceptors (Lipinski definition) is 3. The van der Waals surface area contributed by atoms with Gasteiger partial charge >= 0.3 is 0 Å². The van der Waals surface area contributed by atoms with Crippen molar-refractivity contribution in [3.05, 3.63) is 40.0 Å². The van der Waals surface area contributed by atoms with Crippen LogP contribution in [0.4, 0.5) is 0 Å². The van der Waals surface area contributed by atoms with Crippen molar-refractivity contribution in [2.75, 3.05) is 20.8 Å². The molecule has 0 saturated heterocycles. The first kappa shape index (κ1) is 13.5. The summed E-state index contributed by atoms with van der Waals surface area (Å²) in [6.45, 7) is 0.503. The van der Waals surface area contributed by atoms with Crippen LogP contribution in [0.15, 0.2) is 36.4 Å². The molecule has 3 nitrogen and oxygen atoms in total. The highest BCUT2D eigenvalue weighted by molar-refractivity contribution is 14.1. The molecule has 4 heteroatoms. The zero-order valence-corrected chi connectivity index (χ0v) is 11.5. The van der Waals surface area contributed by atoms with E-state index in [4.69, 9.17) is 14.2 Å². The highest BCUT2D eigenvalue weighted by Crippen LogP contribution is 2.19. The van der Waals surface area contributed by atoms with Crippen LogP contribution in [0.1, 0.15) is 0 Å². The molecule has 0 amide bonds. The molecule has 0 spiro atoms. The van der Waals surface area contributed by atoms with Crippen LogP contribution in [0, 0.1) is 3.57 Å². The molecular formula is C12H15IO3. The minimum Gasteiger partial charge on any atom is -0.488 e. The number of halogens is 1. The fourth-order valence-corrected chi connectivity index (χ4v) is 1.66. The highest BCUT2D eigenvalue weighted by Gasteiger charge is 1.98. The lowest BCUT2D eigenvalue weighted by atomic mass is 10.3. The summed E-state index contributed by atoms with van der Waals surface area (Å²) < 4.78 is 16.7. The normalized spacial score (nSPS) is 11.2. The first-order valence-electron chi connectivity index (χ1n) is 4.87. The Balaban J connectivity index is 2.38. The number of para-hydroxylation sites is 1. The summed E-state index contributed by atoms with van der Waals surface area (Å²) in [6, 6.07) is 7.89. The Morgan fingerprint density at radius 3 is 2.56 bits per heavy atom. The predicted molar refractivity (Wildman–Crippen MR) is 71.6 cm³/mol. The maximum atomic E-state index is 5.57. The lowest BCUT2D eigenvalue weighted by Gasteiger charge is -2.08. The van der Waals surface area contributed by atoms with Gasteiger partial charge in [0.1, 0.15) is 12.4 Å². The van der Waals surface area contributed by atoms with E-state index in [-0.39, 0.29) is 6.29 Å². The quantitative estimate of drug-likeness (QED) is 0.455. The van der Waals surface area contributed by atoms with Crippen LogP contribution in [0.5, 0.6) is 5.75 Å². The van der Waals surface area contributed by atoms with Crippen LogP contribution in [0.2, 0.25) is 0 Å². The van der Waals surface area contributed by atoms with Gasteiger partial charge in [-0.05, 0) is 46.9 Å². The maximum Gasteiger partial charge on any atom is 0.176 e. The molecule has 0 atom stereocenters. The SMILES string of the molecule is COC(/C=C/COc1ccccc1I)OC. The number of ether oxygens (including phenoxy) is 3. The van der Waals surface area contributed by atoms with Crippen LogP contribution in [0.3, 0.4) is 0 Å². The van der Waals surface area contributed by atoms with Crippen LogP contribution >= 0.6 is 22.6 Å². The molecule has 0 aliphatic heterocycles. The largest absolute Gasteiger partial charge is 0.488 e. The number of methoxy groups -OCH3 is 2. The summed E-state index contributed by atoms with van der Waals surface area (Å²) in [5.41, 5.74) is 0. The number of benzene rings is 1. The second-order valence-electron chi connectivity index (χ2n) is 3.01. The average Bonchev–Trinajstić information content (AvgIpc) is 2.31. The van der Waals surface area contributed by atoms with Crippen LogP contribution in [-0.4, -0.2) is 27.1 Å². The van der Waals surface area contributed by atoms with E-state index >= 15 is 0 Å². The Morgan fingerprint density at radius 2 is 1.94 bits per heavy atom. The molecule has 0 aromatic heterocycles. The fraction of sp³-hybridized carbons (Fsp3) is 0.333. The molecule has 0 bridgehead atoms. The van der Waals surface area contributed by atoms with Gasteiger partial charge in [0.25, 0.3) is 0 Å². The van der Waals surface area contributed by atoms with Gasteiger partial charge in [0.05, 0.1) is 3.57 Å². The van der Waals surface area contributed by atoms with Gasteiger partial charge in [-0.2, -0.15) is 0 Å². The predicted octanol–water partition coefficient (Wildman–Crippen LogP) is 2.85. The van der Waals surface area contributed by atoms with Gasteiger partial charge in [-0.15, -0.1) is 0 Å². The topological polar surface area (TPSA) is 27.7 Å². The highest BCUT2D eigenvalue weighted by atomic mass is 127. The maximum absolute atomic E-state index is 5.57. The van der Waals surface area contributed by atoms with Crippen molar-refractivity contribution in [2.45, 2.75) is 6.29 Å². The molecule has 0 aliphatic rings. The number of hydrogen-bond donors (Lipinski definition) is 0. The molecule has 0 radical (unpaired) electrons. The van der Waals surface area contributed by atoms with Gasteiger partial charge in [-0.25, -0.2) is 0 Å². The summed E-state index contributed by atoms with van der Waals surface area (Å²) >= 11 is 2.24. The summed E-state index contributed by atoms with van der Waals surface area (Å²) in [5.74, 6) is 0.888. The molecule has 16 heavy (non-hydrogen) atoms. The van der Waals surface area contributed by atoms with Gasteiger partial charge in [-0.1, -0.05) is 12.1 Å². The smallest absolute Gasteiger partial charge is 0.176 e. The van der Waals surface area contributed by atoms with Crippen molar-refractivity contribution in [3.63, 3.8) is 0 Å². The monoisotopic (exact) mass is 334 g/mol. The summed E-state index contributed by atoms with van der Waals surface area (Å²) in [6.07, 6.45) is 3.38. The molecule has 0 N–H and O–H groups in total. The lowest BCUT2D eigenvalue weighted by molar-refractivity contribution is -0.0668. The third-order valence-corrected chi connectivity index (χ3v) is 2.82. The Morgan fingerprint density at radius 1 is 1.25 bits per heavy atom. The van der Waals surface area contributed by atoms with E-state index in [0.717, 1.165) is 9.32 Å². The van der Waals surface area contributed by atoms with Crippen molar-refractivity contribution >= 4 is 22.6 Å². The zero-order chi connectivity index (χ0) is 11.8. The lowest BCUT2D eigenvalue weighted by Crippen LogP contribution is -2.09. The first-order chi connectivity index (χ1) is 7.77. The molecule has 0 heterocycles. The standard InChI is InChI=1S/C12H15IO3/c1-14-12(15-2)8-5-9-16-11-7-4-3-6-10(11)13/h3-8,12H,9H2,1-2H3/b8-5+. The number of rotatable bonds is 6. The van der Waals surface area contributed by atoms with Crippen molar-refractivity contribution < 1.29 is 14.2 Å². The minimum atomic E-state index is -0.307. The van der Waals surface area contributed by atoms with Crippen LogP contribution in [-0.2, 0) is 9.47 Å². The van der Waals surface area contributed by atoms with E-state index in [1.165, 1.54) is 0 Å².